The van der Waals surface area contributed by atoms with Crippen LogP contribution in [0.2, 0.25) is 5.02 Å². The second-order valence-corrected chi connectivity index (χ2v) is 9.79. The van der Waals surface area contributed by atoms with Crippen molar-refractivity contribution < 1.29 is 14.7 Å². The van der Waals surface area contributed by atoms with Gasteiger partial charge in [0.15, 0.2) is 0 Å². The average molecular weight is 533 g/mol. The number of hydrogen-bond donors (Lipinski definition) is 4. The SMILES string of the molecule is NC1CCN(Cc2ccc(-n3ccc(NC(=O)N4CCN(C(=O)[C@@H](N)CO)CC4)nc3=O)cc2Cl)CC1. The first kappa shape index (κ1) is 27.0. The van der Waals surface area contributed by atoms with Gasteiger partial charge in [-0.25, -0.2) is 9.59 Å². The van der Waals surface area contributed by atoms with E-state index in [1.807, 2.05) is 12.1 Å². The average Bonchev–Trinajstić information content (AvgIpc) is 2.90. The summed E-state index contributed by atoms with van der Waals surface area (Å²) < 4.78 is 1.36. The van der Waals surface area contributed by atoms with Gasteiger partial charge in [-0.15, -0.1) is 0 Å². The number of aliphatic hydroxyl groups is 1. The van der Waals surface area contributed by atoms with Gasteiger partial charge in [0.05, 0.1) is 12.3 Å². The Morgan fingerprint density at radius 1 is 1.11 bits per heavy atom. The van der Waals surface area contributed by atoms with Crippen LogP contribution in [0.5, 0.6) is 0 Å². The minimum atomic E-state index is -0.962. The molecule has 0 spiro atoms. The standard InChI is InChI=1S/C24H33ClN8O4/c25-19-13-18(2-1-16(19)14-30-6-3-17(26)4-7-30)33-8-5-21(29-24(33)37)28-23(36)32-11-9-31(10-12-32)22(35)20(27)15-34/h1-2,5,8,13,17,20,34H,3-4,6-7,9-12,14-15,26-27H2,(H,28,29,36,37)/t20-/m0/s1. The molecule has 4 rings (SSSR count). The van der Waals surface area contributed by atoms with Crippen molar-refractivity contribution in [2.24, 2.45) is 11.5 Å². The van der Waals surface area contributed by atoms with Crippen molar-refractivity contribution in [3.8, 4) is 5.69 Å². The summed E-state index contributed by atoms with van der Waals surface area (Å²) in [5.41, 5.74) is 12.6. The predicted molar refractivity (Wildman–Crippen MR) is 140 cm³/mol. The third kappa shape index (κ3) is 6.65. The summed E-state index contributed by atoms with van der Waals surface area (Å²) in [6.45, 7) is 3.35. The molecule has 12 nitrogen and oxygen atoms in total. The molecule has 0 saturated carbocycles. The number of piperidine rings is 1. The Bertz CT molecular complexity index is 1180. The summed E-state index contributed by atoms with van der Waals surface area (Å²) in [5, 5.41) is 12.3. The van der Waals surface area contributed by atoms with E-state index < -0.39 is 24.4 Å². The van der Waals surface area contributed by atoms with E-state index in [1.165, 1.54) is 26.6 Å². The van der Waals surface area contributed by atoms with E-state index in [0.717, 1.165) is 38.0 Å². The molecule has 2 fully saturated rings. The molecular formula is C24H33ClN8O4. The number of aromatic nitrogens is 2. The highest BCUT2D eigenvalue weighted by atomic mass is 35.5. The number of amides is 3. The van der Waals surface area contributed by atoms with Gasteiger partial charge >= 0.3 is 11.7 Å². The second kappa shape index (κ2) is 12.0. The minimum Gasteiger partial charge on any atom is -0.394 e. The summed E-state index contributed by atoms with van der Waals surface area (Å²) in [5.74, 6) is -0.227. The summed E-state index contributed by atoms with van der Waals surface area (Å²) in [6.07, 6.45) is 3.47. The Morgan fingerprint density at radius 3 is 2.41 bits per heavy atom. The van der Waals surface area contributed by atoms with Crippen LogP contribution < -0.4 is 22.5 Å². The number of nitrogens with zero attached hydrogens (tertiary/aromatic N) is 5. The Balaban J connectivity index is 1.35. The van der Waals surface area contributed by atoms with E-state index in [4.69, 9.17) is 28.2 Å². The second-order valence-electron chi connectivity index (χ2n) is 9.39. The quantitative estimate of drug-likeness (QED) is 0.397. The number of rotatable bonds is 6. The summed E-state index contributed by atoms with van der Waals surface area (Å²) in [4.78, 5) is 46.8. The molecule has 3 amide bonds. The molecule has 2 aromatic rings. The van der Waals surface area contributed by atoms with Gasteiger partial charge in [-0.3, -0.25) is 19.6 Å². The topological polar surface area (TPSA) is 163 Å². The number of piperazine rings is 1. The van der Waals surface area contributed by atoms with Crippen LogP contribution in [0.3, 0.4) is 0 Å². The number of carbonyl (C=O) groups is 2. The Labute approximate surface area is 219 Å². The van der Waals surface area contributed by atoms with Gasteiger partial charge in [0.2, 0.25) is 5.91 Å². The van der Waals surface area contributed by atoms with E-state index >= 15 is 0 Å². The van der Waals surface area contributed by atoms with Gasteiger partial charge in [0, 0.05) is 50.0 Å². The molecule has 0 bridgehead atoms. The van der Waals surface area contributed by atoms with Crippen molar-refractivity contribution in [3.05, 3.63) is 51.5 Å². The molecule has 1 aromatic heterocycles. The maximum atomic E-state index is 12.7. The first-order chi connectivity index (χ1) is 17.7. The zero-order chi connectivity index (χ0) is 26.5. The van der Waals surface area contributed by atoms with Crippen LogP contribution in [0.25, 0.3) is 5.69 Å². The molecule has 0 radical (unpaired) electrons. The number of nitrogens with one attached hydrogen (secondary N) is 1. The Morgan fingerprint density at radius 2 is 1.78 bits per heavy atom. The number of likely N-dealkylation sites (tertiary alicyclic amines) is 1. The highest BCUT2D eigenvalue weighted by molar-refractivity contribution is 6.31. The lowest BCUT2D eigenvalue weighted by molar-refractivity contribution is -0.134. The van der Waals surface area contributed by atoms with Gasteiger partial charge < -0.3 is 26.4 Å². The van der Waals surface area contributed by atoms with E-state index in [-0.39, 0.29) is 17.8 Å². The molecule has 0 aliphatic carbocycles. The minimum absolute atomic E-state index is 0.123. The van der Waals surface area contributed by atoms with E-state index in [1.54, 1.807) is 6.07 Å². The number of benzene rings is 1. The molecule has 0 unspecified atom stereocenters. The number of hydrogen-bond acceptors (Lipinski definition) is 8. The lowest BCUT2D eigenvalue weighted by atomic mass is 10.1. The van der Waals surface area contributed by atoms with Crippen molar-refractivity contribution in [3.63, 3.8) is 0 Å². The van der Waals surface area contributed by atoms with E-state index in [2.05, 4.69) is 15.2 Å². The van der Waals surface area contributed by atoms with Crippen LogP contribution >= 0.6 is 11.6 Å². The smallest absolute Gasteiger partial charge is 0.354 e. The fraction of sp³-hybridized carbons (Fsp3) is 0.500. The van der Waals surface area contributed by atoms with E-state index in [0.29, 0.717) is 36.9 Å². The summed E-state index contributed by atoms with van der Waals surface area (Å²) in [6, 6.07) is 5.88. The Kier molecular flexibility index (Phi) is 8.77. The van der Waals surface area contributed by atoms with E-state index in [9.17, 15) is 14.4 Å². The zero-order valence-corrected chi connectivity index (χ0v) is 21.3. The van der Waals surface area contributed by atoms with Gasteiger partial charge in [0.25, 0.3) is 0 Å². The first-order valence-electron chi connectivity index (χ1n) is 12.3. The largest absolute Gasteiger partial charge is 0.394 e. The first-order valence-corrected chi connectivity index (χ1v) is 12.7. The molecule has 1 atom stereocenters. The fourth-order valence-corrected chi connectivity index (χ4v) is 4.70. The van der Waals surface area contributed by atoms with Crippen LogP contribution in [0, 0.1) is 0 Å². The number of aliphatic hydroxyl groups excluding tert-OH is 1. The summed E-state index contributed by atoms with van der Waals surface area (Å²) >= 11 is 6.53. The van der Waals surface area contributed by atoms with Crippen LogP contribution in [0.1, 0.15) is 18.4 Å². The van der Waals surface area contributed by atoms with Crippen LogP contribution in [0.15, 0.2) is 35.3 Å². The normalized spacial score (nSPS) is 18.1. The van der Waals surface area contributed by atoms with Gasteiger partial charge in [-0.05, 0) is 49.7 Å². The van der Waals surface area contributed by atoms with Crippen molar-refractivity contribution in [2.75, 3.05) is 51.2 Å². The van der Waals surface area contributed by atoms with Gasteiger partial charge in [0.1, 0.15) is 11.9 Å². The molecule has 37 heavy (non-hydrogen) atoms. The zero-order valence-electron chi connectivity index (χ0n) is 20.6. The molecule has 2 aliphatic heterocycles. The predicted octanol–water partition coefficient (Wildman–Crippen LogP) is -0.195. The van der Waals surface area contributed by atoms with Crippen LogP contribution in [-0.2, 0) is 11.3 Å². The lowest BCUT2D eigenvalue weighted by Gasteiger charge is -2.35. The molecule has 13 heteroatoms. The van der Waals surface area contributed by atoms with Crippen molar-refractivity contribution in [1.29, 1.82) is 0 Å². The maximum absolute atomic E-state index is 12.7. The molecule has 3 heterocycles. The molecule has 2 aliphatic rings. The number of urea groups is 1. The molecular weight excluding hydrogens is 500 g/mol. The fourth-order valence-electron chi connectivity index (χ4n) is 4.47. The molecule has 1 aromatic carbocycles. The molecule has 2 saturated heterocycles. The summed E-state index contributed by atoms with van der Waals surface area (Å²) in [7, 11) is 0. The van der Waals surface area contributed by atoms with Crippen molar-refractivity contribution in [2.45, 2.75) is 31.5 Å². The number of halogens is 1. The lowest BCUT2D eigenvalue weighted by Crippen LogP contribution is -2.55. The monoisotopic (exact) mass is 532 g/mol. The number of carbonyl (C=O) groups excluding carboxylic acids is 2. The Hall–Kier alpha value is -3.03. The highest BCUT2D eigenvalue weighted by Gasteiger charge is 2.27. The van der Waals surface area contributed by atoms with Crippen LogP contribution in [-0.4, -0.2) is 99.3 Å². The number of anilines is 1. The third-order valence-corrected chi connectivity index (χ3v) is 7.12. The van der Waals surface area contributed by atoms with Gasteiger partial charge in [-0.2, -0.15) is 4.98 Å². The number of nitrogens with two attached hydrogens (primary N) is 2. The van der Waals surface area contributed by atoms with Crippen molar-refractivity contribution >= 4 is 29.4 Å². The molecule has 200 valence electrons. The maximum Gasteiger partial charge on any atom is 0.354 e. The highest BCUT2D eigenvalue weighted by Crippen LogP contribution is 2.23. The van der Waals surface area contributed by atoms with Gasteiger partial charge in [-0.1, -0.05) is 17.7 Å². The third-order valence-electron chi connectivity index (χ3n) is 6.77. The van der Waals surface area contributed by atoms with Crippen molar-refractivity contribution in [1.82, 2.24) is 24.3 Å². The van der Waals surface area contributed by atoms with Crippen LogP contribution in [0.4, 0.5) is 10.6 Å². The molecule has 6 N–H and O–H groups in total.